The van der Waals surface area contributed by atoms with Crippen molar-refractivity contribution in [3.8, 4) is 5.75 Å². The average molecular weight is 370 g/mol. The molecule has 0 unspecified atom stereocenters. The van der Waals surface area contributed by atoms with Gasteiger partial charge in [0.05, 0.1) is 10.6 Å². The van der Waals surface area contributed by atoms with E-state index >= 15 is 0 Å². The number of fused-ring (bicyclic) bond motifs is 3. The van der Waals surface area contributed by atoms with E-state index in [1.165, 1.54) is 5.56 Å². The van der Waals surface area contributed by atoms with Crippen LogP contribution in [0, 0.1) is 13.8 Å². The van der Waals surface area contributed by atoms with E-state index in [1.54, 1.807) is 6.92 Å². The largest absolute Gasteiger partial charge is 0.476 e. The first kappa shape index (κ1) is 17.1. The van der Waals surface area contributed by atoms with Gasteiger partial charge in [0, 0.05) is 24.0 Å². The van der Waals surface area contributed by atoms with Gasteiger partial charge in [0.25, 0.3) is 0 Å². The molecule has 2 heterocycles. The van der Waals surface area contributed by atoms with E-state index in [-0.39, 0.29) is 5.63 Å². The molecule has 1 aliphatic rings. The van der Waals surface area contributed by atoms with Crippen LogP contribution in [0.15, 0.2) is 45.6 Å². The molecule has 0 saturated heterocycles. The van der Waals surface area contributed by atoms with E-state index in [0.29, 0.717) is 35.2 Å². The van der Waals surface area contributed by atoms with E-state index in [2.05, 4.69) is 17.0 Å². The van der Waals surface area contributed by atoms with Crippen molar-refractivity contribution in [2.45, 2.75) is 26.8 Å². The highest BCUT2D eigenvalue weighted by atomic mass is 35.5. The van der Waals surface area contributed by atoms with Crippen LogP contribution in [0.5, 0.6) is 5.75 Å². The van der Waals surface area contributed by atoms with Crippen LogP contribution in [0.25, 0.3) is 11.0 Å². The molecule has 0 fully saturated rings. The van der Waals surface area contributed by atoms with Crippen LogP contribution >= 0.6 is 11.6 Å². The zero-order valence-corrected chi connectivity index (χ0v) is 15.6. The summed E-state index contributed by atoms with van der Waals surface area (Å²) >= 11 is 6.44. The highest BCUT2D eigenvalue weighted by Crippen LogP contribution is 2.39. The molecule has 134 valence electrons. The van der Waals surface area contributed by atoms with Gasteiger partial charge in [-0.3, -0.25) is 4.90 Å². The van der Waals surface area contributed by atoms with Gasteiger partial charge in [0.1, 0.15) is 18.1 Å². The van der Waals surface area contributed by atoms with Gasteiger partial charge < -0.3 is 9.15 Å². The molecule has 2 aromatic carbocycles. The van der Waals surface area contributed by atoms with Crippen LogP contribution in [0.4, 0.5) is 0 Å². The lowest BCUT2D eigenvalue weighted by Crippen LogP contribution is -2.34. The highest BCUT2D eigenvalue weighted by Gasteiger charge is 2.25. The summed E-state index contributed by atoms with van der Waals surface area (Å²) in [6.07, 6.45) is 0.931. The maximum Gasteiger partial charge on any atom is 0.339 e. The van der Waals surface area contributed by atoms with E-state index in [1.807, 2.05) is 31.2 Å². The van der Waals surface area contributed by atoms with E-state index < -0.39 is 0 Å². The first-order chi connectivity index (χ1) is 12.5. The second kappa shape index (κ2) is 6.78. The molecule has 0 spiro atoms. The Morgan fingerprint density at radius 1 is 1.15 bits per heavy atom. The smallest absolute Gasteiger partial charge is 0.339 e. The Bertz CT molecular complexity index is 1030. The van der Waals surface area contributed by atoms with Crippen molar-refractivity contribution in [3.63, 3.8) is 0 Å². The summed E-state index contributed by atoms with van der Waals surface area (Å²) in [6, 6.07) is 12.2. The first-order valence-electron chi connectivity index (χ1n) is 8.69. The van der Waals surface area contributed by atoms with Gasteiger partial charge >= 0.3 is 5.63 Å². The molecular formula is C21H20ClNO3. The summed E-state index contributed by atoms with van der Waals surface area (Å²) in [5, 5.41) is 1.44. The highest BCUT2D eigenvalue weighted by molar-refractivity contribution is 6.33. The van der Waals surface area contributed by atoms with Crippen LogP contribution in [-0.2, 0) is 13.0 Å². The molecule has 0 aliphatic carbocycles. The number of aryl methyl sites for hydroxylation is 1. The lowest BCUT2D eigenvalue weighted by atomic mass is 10.0. The molecule has 0 radical (unpaired) electrons. The van der Waals surface area contributed by atoms with E-state index in [4.69, 9.17) is 20.8 Å². The summed E-state index contributed by atoms with van der Waals surface area (Å²) < 4.78 is 11.5. The third-order valence-electron chi connectivity index (χ3n) is 5.08. The van der Waals surface area contributed by atoms with Crippen LogP contribution in [0.3, 0.4) is 0 Å². The fraction of sp³-hybridized carbons (Fsp3) is 0.286. The number of hydrogen-bond donors (Lipinski definition) is 0. The molecule has 26 heavy (non-hydrogen) atoms. The Hall–Kier alpha value is -2.30. The number of halogens is 1. The summed E-state index contributed by atoms with van der Waals surface area (Å²) in [5.74, 6) is 0.626. The number of rotatable bonds is 3. The minimum absolute atomic E-state index is 0.305. The third-order valence-corrected chi connectivity index (χ3v) is 5.36. The Labute approximate surface area is 156 Å². The van der Waals surface area contributed by atoms with E-state index in [9.17, 15) is 4.79 Å². The van der Waals surface area contributed by atoms with Crippen LogP contribution in [0.1, 0.15) is 22.3 Å². The predicted molar refractivity (Wildman–Crippen MR) is 103 cm³/mol. The molecule has 1 aromatic heterocycles. The van der Waals surface area contributed by atoms with Crippen molar-refractivity contribution in [2.75, 3.05) is 13.3 Å². The molecule has 0 bridgehead atoms. The van der Waals surface area contributed by atoms with Gasteiger partial charge in [-0.2, -0.15) is 0 Å². The lowest BCUT2D eigenvalue weighted by molar-refractivity contribution is 0.0969. The quantitative estimate of drug-likeness (QED) is 0.639. The second-order valence-electron chi connectivity index (χ2n) is 6.74. The monoisotopic (exact) mass is 369 g/mol. The first-order valence-corrected chi connectivity index (χ1v) is 9.07. The lowest BCUT2D eigenvalue weighted by Gasteiger charge is -2.30. The number of ether oxygens (including phenoxy) is 1. The van der Waals surface area contributed by atoms with Crippen molar-refractivity contribution in [1.29, 1.82) is 0 Å². The fourth-order valence-electron chi connectivity index (χ4n) is 3.39. The summed E-state index contributed by atoms with van der Waals surface area (Å²) in [4.78, 5) is 14.4. The Balaban J connectivity index is 1.69. The van der Waals surface area contributed by atoms with Gasteiger partial charge in [-0.15, -0.1) is 0 Å². The number of hydrogen-bond acceptors (Lipinski definition) is 4. The molecular weight excluding hydrogens is 350 g/mol. The predicted octanol–water partition coefficient (Wildman–Crippen LogP) is 4.46. The minimum Gasteiger partial charge on any atom is -0.476 e. The fourth-order valence-corrected chi connectivity index (χ4v) is 3.67. The van der Waals surface area contributed by atoms with Crippen LogP contribution < -0.4 is 10.4 Å². The zero-order valence-electron chi connectivity index (χ0n) is 14.8. The molecule has 0 amide bonds. The Kier molecular flexibility index (Phi) is 4.47. The number of benzene rings is 2. The Morgan fingerprint density at radius 2 is 1.92 bits per heavy atom. The molecule has 5 heteroatoms. The molecule has 4 rings (SSSR count). The molecule has 1 aliphatic heterocycles. The van der Waals surface area contributed by atoms with Crippen LogP contribution in [-0.4, -0.2) is 18.2 Å². The molecule has 0 saturated carbocycles. The molecule has 0 N–H and O–H groups in total. The van der Waals surface area contributed by atoms with Gasteiger partial charge in [-0.1, -0.05) is 41.9 Å². The summed E-state index contributed by atoms with van der Waals surface area (Å²) in [5.41, 5.74) is 3.94. The van der Waals surface area contributed by atoms with Crippen molar-refractivity contribution >= 4 is 22.6 Å². The summed E-state index contributed by atoms with van der Waals surface area (Å²) in [6.45, 7) is 5.67. The standard InChI is InChI=1S/C21H20ClNO3/c1-13-14(2)21(24)26-19-16(13)10-18(22)20-17(19)11-23(12-25-20)9-8-15-6-4-3-5-7-15/h3-7,10H,8-9,11-12H2,1-2H3. The Morgan fingerprint density at radius 3 is 2.69 bits per heavy atom. The normalized spacial score (nSPS) is 14.3. The maximum absolute atomic E-state index is 12.2. The summed E-state index contributed by atoms with van der Waals surface area (Å²) in [7, 11) is 0. The second-order valence-corrected chi connectivity index (χ2v) is 7.15. The van der Waals surface area contributed by atoms with Gasteiger partial charge in [-0.25, -0.2) is 4.79 Å². The minimum atomic E-state index is -0.305. The van der Waals surface area contributed by atoms with Crippen molar-refractivity contribution < 1.29 is 9.15 Å². The zero-order chi connectivity index (χ0) is 18.3. The van der Waals surface area contributed by atoms with Crippen molar-refractivity contribution in [2.24, 2.45) is 0 Å². The van der Waals surface area contributed by atoms with Crippen molar-refractivity contribution in [1.82, 2.24) is 4.90 Å². The maximum atomic E-state index is 12.2. The molecule has 0 atom stereocenters. The van der Waals surface area contributed by atoms with Gasteiger partial charge in [-0.05, 0) is 37.5 Å². The topological polar surface area (TPSA) is 42.7 Å². The van der Waals surface area contributed by atoms with E-state index in [0.717, 1.165) is 29.5 Å². The van der Waals surface area contributed by atoms with Gasteiger partial charge in [0.15, 0.2) is 0 Å². The molecule has 3 aromatic rings. The van der Waals surface area contributed by atoms with Crippen LogP contribution in [0.2, 0.25) is 5.02 Å². The van der Waals surface area contributed by atoms with Gasteiger partial charge in [0.2, 0.25) is 0 Å². The SMILES string of the molecule is Cc1c(C)c2cc(Cl)c3c(c2oc1=O)CN(CCc1ccccc1)CO3. The molecule has 4 nitrogen and oxygen atoms in total. The number of nitrogens with zero attached hydrogens (tertiary/aromatic N) is 1. The third kappa shape index (κ3) is 3.00. The average Bonchev–Trinajstić information content (AvgIpc) is 2.66. The van der Waals surface area contributed by atoms with Crippen molar-refractivity contribution in [3.05, 3.63) is 74.1 Å².